The Bertz CT molecular complexity index is 223. The van der Waals surface area contributed by atoms with Crippen LogP contribution in [0.4, 0.5) is 0 Å². The van der Waals surface area contributed by atoms with Crippen molar-refractivity contribution in [3.8, 4) is 0 Å². The van der Waals surface area contributed by atoms with Crippen LogP contribution in [-0.4, -0.2) is 16.5 Å². The fourth-order valence-corrected chi connectivity index (χ4v) is 1.37. The normalized spacial score (nSPS) is 24.8. The van der Waals surface area contributed by atoms with Crippen molar-refractivity contribution in [2.75, 3.05) is 0 Å². The number of hydrogen-bond donors (Lipinski definition) is 0. The van der Waals surface area contributed by atoms with Crippen LogP contribution in [0.3, 0.4) is 0 Å². The molecule has 0 saturated carbocycles. The highest BCUT2D eigenvalue weighted by Gasteiger charge is 2.20. The molecule has 0 radical (unpaired) electrons. The van der Waals surface area contributed by atoms with Crippen LogP contribution in [0.25, 0.3) is 0 Å². The van der Waals surface area contributed by atoms with Gasteiger partial charge in [0.25, 0.3) is 0 Å². The lowest BCUT2D eigenvalue weighted by Gasteiger charge is -2.21. The van der Waals surface area contributed by atoms with Gasteiger partial charge in [0.15, 0.2) is 11.8 Å². The Morgan fingerprint density at radius 3 is 2.54 bits per heavy atom. The van der Waals surface area contributed by atoms with Crippen LogP contribution in [-0.2, 0) is 0 Å². The summed E-state index contributed by atoms with van der Waals surface area (Å²) >= 11 is 0. The van der Waals surface area contributed by atoms with Crippen molar-refractivity contribution in [2.24, 2.45) is 5.92 Å². The van der Waals surface area contributed by atoms with Gasteiger partial charge in [0.1, 0.15) is 0 Å². The first kappa shape index (κ1) is 10.3. The van der Waals surface area contributed by atoms with Gasteiger partial charge in [-0.05, 0) is 19.3 Å². The molecule has 13 heavy (non-hydrogen) atoms. The lowest BCUT2D eigenvalue weighted by Crippen LogP contribution is -2.31. The summed E-state index contributed by atoms with van der Waals surface area (Å²) < 4.78 is 1.09. The van der Waals surface area contributed by atoms with E-state index in [0.717, 1.165) is 24.0 Å². The molecule has 74 valence electrons. The number of nitrogens with zero attached hydrogens (tertiary/aromatic N) is 1. The molecule has 0 aromatic carbocycles. The van der Waals surface area contributed by atoms with Crippen molar-refractivity contribution in [3.63, 3.8) is 0 Å². The molecule has 0 fully saturated rings. The van der Waals surface area contributed by atoms with E-state index in [9.17, 15) is 5.21 Å². The highest BCUT2D eigenvalue weighted by atomic mass is 16.5. The number of rotatable bonds is 1. The van der Waals surface area contributed by atoms with Gasteiger partial charge in [-0.2, -0.15) is 0 Å². The average molecular weight is 181 g/mol. The van der Waals surface area contributed by atoms with E-state index in [1.54, 1.807) is 0 Å². The van der Waals surface area contributed by atoms with E-state index < -0.39 is 0 Å². The third-order valence-corrected chi connectivity index (χ3v) is 2.32. The van der Waals surface area contributed by atoms with Crippen molar-refractivity contribution in [1.82, 2.24) is 0 Å². The Hall–Kier alpha value is -0.790. The molecule has 0 bridgehead atoms. The van der Waals surface area contributed by atoms with E-state index in [-0.39, 0.29) is 5.54 Å². The SMILES string of the molecule is CC(C)(C)/[N+]([O-])=C/C1CC=CCC1. The van der Waals surface area contributed by atoms with Gasteiger partial charge < -0.3 is 5.21 Å². The van der Waals surface area contributed by atoms with E-state index in [1.165, 1.54) is 0 Å². The monoisotopic (exact) mass is 181 g/mol. The molecule has 0 aliphatic heterocycles. The molecule has 2 nitrogen and oxygen atoms in total. The van der Waals surface area contributed by atoms with E-state index in [2.05, 4.69) is 12.2 Å². The summed E-state index contributed by atoms with van der Waals surface area (Å²) in [7, 11) is 0. The molecule has 1 aliphatic rings. The smallest absolute Gasteiger partial charge is 0.164 e. The summed E-state index contributed by atoms with van der Waals surface area (Å²) in [4.78, 5) is 0. The molecular formula is C11H19NO. The molecule has 1 rings (SSSR count). The van der Waals surface area contributed by atoms with E-state index in [4.69, 9.17) is 0 Å². The maximum atomic E-state index is 11.6. The Labute approximate surface area is 80.5 Å². The number of hydrogen-bond acceptors (Lipinski definition) is 1. The van der Waals surface area contributed by atoms with Crippen molar-refractivity contribution in [2.45, 2.75) is 45.6 Å². The minimum Gasteiger partial charge on any atom is -0.624 e. The fraction of sp³-hybridized carbons (Fsp3) is 0.727. The van der Waals surface area contributed by atoms with Gasteiger partial charge in [-0.1, -0.05) is 12.2 Å². The average Bonchev–Trinajstić information content (AvgIpc) is 2.04. The fourth-order valence-electron chi connectivity index (χ4n) is 1.37. The zero-order chi connectivity index (χ0) is 9.90. The molecule has 2 heteroatoms. The molecule has 0 amide bonds. The van der Waals surface area contributed by atoms with Gasteiger partial charge in [0.2, 0.25) is 0 Å². The Morgan fingerprint density at radius 2 is 2.08 bits per heavy atom. The standard InChI is InChI=1S/C11H19NO/c1-11(2,3)12(13)9-10-7-5-4-6-8-10/h4-5,9-10H,6-8H2,1-3H3/b12-9-. The number of hydroxylamine groups is 1. The van der Waals surface area contributed by atoms with Crippen molar-refractivity contribution in [1.29, 1.82) is 0 Å². The highest BCUT2D eigenvalue weighted by Crippen LogP contribution is 2.17. The van der Waals surface area contributed by atoms with Gasteiger partial charge in [0.05, 0.1) is 0 Å². The van der Waals surface area contributed by atoms with E-state index in [0.29, 0.717) is 5.92 Å². The van der Waals surface area contributed by atoms with Gasteiger partial charge in [0, 0.05) is 26.7 Å². The first-order chi connectivity index (χ1) is 6.00. The topological polar surface area (TPSA) is 26.1 Å². The second-order valence-electron chi connectivity index (χ2n) is 4.69. The molecular weight excluding hydrogens is 162 g/mol. The highest BCUT2D eigenvalue weighted by molar-refractivity contribution is 5.56. The van der Waals surface area contributed by atoms with Gasteiger partial charge >= 0.3 is 0 Å². The lowest BCUT2D eigenvalue weighted by molar-refractivity contribution is -0.533. The predicted molar refractivity (Wildman–Crippen MR) is 55.9 cm³/mol. The molecule has 0 aromatic rings. The van der Waals surface area contributed by atoms with Crippen LogP contribution in [0.1, 0.15) is 40.0 Å². The van der Waals surface area contributed by atoms with Gasteiger partial charge in [-0.15, -0.1) is 0 Å². The van der Waals surface area contributed by atoms with E-state index >= 15 is 0 Å². The van der Waals surface area contributed by atoms with Crippen LogP contribution in [0, 0.1) is 11.1 Å². The Morgan fingerprint density at radius 1 is 1.38 bits per heavy atom. The minimum absolute atomic E-state index is 0.291. The van der Waals surface area contributed by atoms with Crippen molar-refractivity contribution >= 4 is 6.21 Å². The van der Waals surface area contributed by atoms with E-state index in [1.807, 2.05) is 27.0 Å². The summed E-state index contributed by atoms with van der Waals surface area (Å²) in [6.07, 6.45) is 9.44. The molecule has 0 spiro atoms. The van der Waals surface area contributed by atoms with Crippen molar-refractivity contribution in [3.05, 3.63) is 17.4 Å². The van der Waals surface area contributed by atoms with Crippen LogP contribution in [0.2, 0.25) is 0 Å². The van der Waals surface area contributed by atoms with Crippen molar-refractivity contribution < 1.29 is 4.74 Å². The van der Waals surface area contributed by atoms with Gasteiger partial charge in [-0.25, -0.2) is 4.74 Å². The maximum Gasteiger partial charge on any atom is 0.164 e. The van der Waals surface area contributed by atoms with Crippen LogP contribution < -0.4 is 0 Å². The minimum atomic E-state index is -0.291. The first-order valence-electron chi connectivity index (χ1n) is 4.96. The van der Waals surface area contributed by atoms with Crippen LogP contribution in [0.15, 0.2) is 12.2 Å². The number of allylic oxidation sites excluding steroid dienone is 2. The summed E-state index contributed by atoms with van der Waals surface area (Å²) in [6, 6.07) is 0. The molecule has 1 aliphatic carbocycles. The van der Waals surface area contributed by atoms with Crippen LogP contribution in [0.5, 0.6) is 0 Å². The maximum absolute atomic E-state index is 11.6. The summed E-state index contributed by atoms with van der Waals surface area (Å²) in [5.41, 5.74) is -0.291. The molecule has 0 aromatic heterocycles. The van der Waals surface area contributed by atoms with Crippen LogP contribution >= 0.6 is 0 Å². The summed E-state index contributed by atoms with van der Waals surface area (Å²) in [6.45, 7) is 5.82. The summed E-state index contributed by atoms with van der Waals surface area (Å²) in [5, 5.41) is 11.6. The Kier molecular flexibility index (Phi) is 3.12. The molecule has 0 saturated heterocycles. The molecule has 1 unspecified atom stereocenters. The third kappa shape index (κ3) is 3.21. The van der Waals surface area contributed by atoms with Gasteiger partial charge in [-0.3, -0.25) is 0 Å². The zero-order valence-electron chi connectivity index (χ0n) is 8.79. The predicted octanol–water partition coefficient (Wildman–Crippen LogP) is 2.72. The lowest BCUT2D eigenvalue weighted by atomic mass is 9.95. The third-order valence-electron chi connectivity index (χ3n) is 2.32. The summed E-state index contributed by atoms with van der Waals surface area (Å²) in [5.74, 6) is 0.446. The largest absolute Gasteiger partial charge is 0.624 e. The molecule has 0 N–H and O–H groups in total. The quantitative estimate of drug-likeness (QED) is 0.201. The molecule has 0 heterocycles. The first-order valence-corrected chi connectivity index (χ1v) is 4.96. The second-order valence-corrected chi connectivity index (χ2v) is 4.69. The molecule has 1 atom stereocenters. The zero-order valence-corrected chi connectivity index (χ0v) is 8.79. The Balaban J connectivity index is 2.59. The second kappa shape index (κ2) is 3.95.